The van der Waals surface area contributed by atoms with Crippen molar-refractivity contribution in [3.63, 3.8) is 0 Å². The number of carboxylic acids is 2. The summed E-state index contributed by atoms with van der Waals surface area (Å²) in [4.78, 5) is 18.2. The van der Waals surface area contributed by atoms with Gasteiger partial charge in [-0.3, -0.25) is 0 Å². The molecule has 0 aromatic rings. The third-order valence-corrected chi connectivity index (χ3v) is 0.183. The highest BCUT2D eigenvalue weighted by Gasteiger charge is 2.04. The molecule has 66 valence electrons. The van der Waals surface area contributed by atoms with Gasteiger partial charge in [-0.25, -0.2) is 23.1 Å². The van der Waals surface area contributed by atoms with Crippen molar-refractivity contribution >= 4 is 22.0 Å². The van der Waals surface area contributed by atoms with Gasteiger partial charge in [-0.1, -0.05) is 0 Å². The van der Waals surface area contributed by atoms with Gasteiger partial charge in [0.05, 0.1) is 6.26 Å². The molecule has 0 aliphatic heterocycles. The lowest BCUT2D eigenvalue weighted by molar-refractivity contribution is -0.159. The molecule has 0 aliphatic carbocycles. The Labute approximate surface area is 62.5 Å². The third kappa shape index (κ3) is 51.1. The van der Waals surface area contributed by atoms with Crippen molar-refractivity contribution in [2.24, 2.45) is 5.14 Å². The fraction of sp³-hybridized carbons (Fsp3) is 0.333. The zero-order valence-corrected chi connectivity index (χ0v) is 6.33. The minimum Gasteiger partial charge on any atom is -0.473 e. The average molecular weight is 185 g/mol. The van der Waals surface area contributed by atoms with E-state index in [-0.39, 0.29) is 0 Å². The van der Waals surface area contributed by atoms with Gasteiger partial charge in [0.15, 0.2) is 0 Å². The second-order valence-corrected chi connectivity index (χ2v) is 3.10. The molecular formula is C3H7NO6S. The number of hydrogen-bond acceptors (Lipinski definition) is 4. The molecule has 0 unspecified atom stereocenters. The van der Waals surface area contributed by atoms with Crippen molar-refractivity contribution in [2.45, 2.75) is 0 Å². The first-order valence-corrected chi connectivity index (χ1v) is 4.04. The Bertz CT molecular complexity index is 221. The maximum absolute atomic E-state index is 9.41. The molecule has 0 aromatic heterocycles. The fourth-order valence-electron chi connectivity index (χ4n) is 0. The molecule has 0 rings (SSSR count). The number of nitrogens with two attached hydrogens (primary N) is 1. The van der Waals surface area contributed by atoms with Crippen LogP contribution in [0.15, 0.2) is 0 Å². The lowest BCUT2D eigenvalue weighted by Crippen LogP contribution is -2.09. The topological polar surface area (TPSA) is 135 Å². The molecule has 0 aromatic carbocycles. The molecule has 11 heavy (non-hydrogen) atoms. The molecule has 0 heterocycles. The SMILES string of the molecule is CS(N)(=O)=O.O=C(O)C(=O)O. The van der Waals surface area contributed by atoms with E-state index in [1.54, 1.807) is 0 Å². The van der Waals surface area contributed by atoms with Gasteiger partial charge < -0.3 is 10.2 Å². The standard InChI is InChI=1S/C2H2O4.CH5NO2S/c3-1(4)2(5)6;1-5(2,3)4/h(H,3,4)(H,5,6);1H3,(H2,2,3,4). The van der Waals surface area contributed by atoms with Crippen LogP contribution >= 0.6 is 0 Å². The molecule has 0 fully saturated rings. The van der Waals surface area contributed by atoms with Crippen LogP contribution in [0.5, 0.6) is 0 Å². The molecule has 0 bridgehead atoms. The summed E-state index contributed by atoms with van der Waals surface area (Å²) >= 11 is 0. The second kappa shape index (κ2) is 4.63. The van der Waals surface area contributed by atoms with Crippen molar-refractivity contribution < 1.29 is 28.2 Å². The number of hydrogen-bond donors (Lipinski definition) is 3. The summed E-state index contributed by atoms with van der Waals surface area (Å²) in [5.41, 5.74) is 0. The number of rotatable bonds is 0. The van der Waals surface area contributed by atoms with E-state index in [0.29, 0.717) is 0 Å². The smallest absolute Gasteiger partial charge is 0.414 e. The zero-order chi connectivity index (χ0) is 9.65. The largest absolute Gasteiger partial charge is 0.473 e. The highest BCUT2D eigenvalue weighted by molar-refractivity contribution is 7.88. The summed E-state index contributed by atoms with van der Waals surface area (Å²) in [6, 6.07) is 0. The Hall–Kier alpha value is -1.15. The van der Waals surface area contributed by atoms with E-state index in [0.717, 1.165) is 6.26 Å². The highest BCUT2D eigenvalue weighted by Crippen LogP contribution is 1.56. The van der Waals surface area contributed by atoms with Crippen molar-refractivity contribution in [1.29, 1.82) is 0 Å². The first kappa shape index (κ1) is 12.5. The van der Waals surface area contributed by atoms with E-state index in [2.05, 4.69) is 5.14 Å². The molecule has 0 saturated carbocycles. The number of aliphatic carboxylic acids is 2. The van der Waals surface area contributed by atoms with E-state index < -0.39 is 22.0 Å². The van der Waals surface area contributed by atoms with Gasteiger partial charge in [0.1, 0.15) is 0 Å². The van der Waals surface area contributed by atoms with E-state index >= 15 is 0 Å². The molecule has 0 spiro atoms. The number of primary sulfonamides is 1. The lowest BCUT2D eigenvalue weighted by atomic mass is 10.7. The van der Waals surface area contributed by atoms with Crippen LogP contribution in [0.3, 0.4) is 0 Å². The van der Waals surface area contributed by atoms with Gasteiger partial charge in [-0.05, 0) is 0 Å². The van der Waals surface area contributed by atoms with E-state index in [1.807, 2.05) is 0 Å². The molecule has 8 heteroatoms. The maximum atomic E-state index is 9.41. The Balaban J connectivity index is 0. The summed E-state index contributed by atoms with van der Waals surface area (Å²) in [6.45, 7) is 0. The molecule has 0 aliphatic rings. The minimum atomic E-state index is -3.17. The predicted octanol–water partition coefficient (Wildman–Crippen LogP) is -1.94. The van der Waals surface area contributed by atoms with Crippen LogP contribution in [0.25, 0.3) is 0 Å². The maximum Gasteiger partial charge on any atom is 0.414 e. The molecule has 0 amide bonds. The van der Waals surface area contributed by atoms with Crippen LogP contribution in [0.1, 0.15) is 0 Å². The van der Waals surface area contributed by atoms with Crippen molar-refractivity contribution in [3.8, 4) is 0 Å². The highest BCUT2D eigenvalue weighted by atomic mass is 32.2. The average Bonchev–Trinajstić information content (AvgIpc) is 1.59. The Morgan fingerprint density at radius 1 is 1.18 bits per heavy atom. The molecule has 4 N–H and O–H groups in total. The predicted molar refractivity (Wildman–Crippen MR) is 34.3 cm³/mol. The monoisotopic (exact) mass is 185 g/mol. The van der Waals surface area contributed by atoms with Crippen LogP contribution in [0.4, 0.5) is 0 Å². The summed E-state index contributed by atoms with van der Waals surface area (Å²) in [5.74, 6) is -3.65. The summed E-state index contributed by atoms with van der Waals surface area (Å²) in [5, 5.41) is 19.1. The van der Waals surface area contributed by atoms with E-state index in [1.165, 1.54) is 0 Å². The normalized spacial score (nSPS) is 9.27. The van der Waals surface area contributed by atoms with Crippen LogP contribution in [-0.2, 0) is 19.6 Å². The zero-order valence-electron chi connectivity index (χ0n) is 5.51. The van der Waals surface area contributed by atoms with Gasteiger partial charge in [0.2, 0.25) is 10.0 Å². The molecule has 7 nitrogen and oxygen atoms in total. The number of carbonyl (C=O) groups is 2. The van der Waals surface area contributed by atoms with Gasteiger partial charge in [-0.15, -0.1) is 0 Å². The number of carboxylic acid groups (broad SMARTS) is 2. The lowest BCUT2D eigenvalue weighted by Gasteiger charge is -1.72. The first-order valence-electron chi connectivity index (χ1n) is 2.08. The summed E-state index contributed by atoms with van der Waals surface area (Å²) < 4.78 is 18.8. The van der Waals surface area contributed by atoms with Crippen molar-refractivity contribution in [3.05, 3.63) is 0 Å². The Morgan fingerprint density at radius 2 is 1.27 bits per heavy atom. The molecule has 0 atom stereocenters. The number of sulfonamides is 1. The Morgan fingerprint density at radius 3 is 1.27 bits per heavy atom. The molecule has 0 radical (unpaired) electrons. The van der Waals surface area contributed by atoms with Gasteiger partial charge in [-0.2, -0.15) is 0 Å². The first-order chi connectivity index (χ1) is 4.64. The quantitative estimate of drug-likeness (QED) is 0.376. The minimum absolute atomic E-state index is 0.938. The third-order valence-electron chi connectivity index (χ3n) is 0.183. The van der Waals surface area contributed by atoms with Gasteiger partial charge in [0.25, 0.3) is 0 Å². The molecule has 0 saturated heterocycles. The van der Waals surface area contributed by atoms with Crippen molar-refractivity contribution in [1.82, 2.24) is 0 Å². The second-order valence-electron chi connectivity index (χ2n) is 1.44. The Kier molecular flexibility index (Phi) is 5.27. The molecular weight excluding hydrogens is 178 g/mol. The van der Waals surface area contributed by atoms with Crippen LogP contribution < -0.4 is 5.14 Å². The fourth-order valence-corrected chi connectivity index (χ4v) is 0. The van der Waals surface area contributed by atoms with E-state index in [4.69, 9.17) is 19.8 Å². The summed E-state index contributed by atoms with van der Waals surface area (Å²) in [7, 11) is -3.17. The van der Waals surface area contributed by atoms with Gasteiger partial charge in [0, 0.05) is 0 Å². The van der Waals surface area contributed by atoms with E-state index in [9.17, 15) is 8.42 Å². The van der Waals surface area contributed by atoms with Crippen LogP contribution in [0, 0.1) is 0 Å². The summed E-state index contributed by atoms with van der Waals surface area (Å²) in [6.07, 6.45) is 0.938. The van der Waals surface area contributed by atoms with Crippen molar-refractivity contribution in [2.75, 3.05) is 6.26 Å². The van der Waals surface area contributed by atoms with Crippen LogP contribution in [-0.4, -0.2) is 36.8 Å². The van der Waals surface area contributed by atoms with Gasteiger partial charge >= 0.3 is 11.9 Å². The van der Waals surface area contributed by atoms with Crippen LogP contribution in [0.2, 0.25) is 0 Å².